The Morgan fingerprint density at radius 3 is 2.60 bits per heavy atom. The van der Waals surface area contributed by atoms with E-state index in [1.807, 2.05) is 25.1 Å². The van der Waals surface area contributed by atoms with Crippen LogP contribution < -0.4 is 15.2 Å². The van der Waals surface area contributed by atoms with Crippen LogP contribution in [0.15, 0.2) is 34.5 Å². The van der Waals surface area contributed by atoms with Crippen LogP contribution in [0.2, 0.25) is 0 Å². The molecule has 0 aliphatic rings. The van der Waals surface area contributed by atoms with Crippen molar-refractivity contribution in [2.45, 2.75) is 37.4 Å². The first kappa shape index (κ1) is 19.4. The molecular formula is C17H22N2O4S2. The van der Waals surface area contributed by atoms with Gasteiger partial charge in [0, 0.05) is 4.88 Å². The predicted molar refractivity (Wildman–Crippen MR) is 98.3 cm³/mol. The third-order valence-electron chi connectivity index (χ3n) is 3.53. The number of thiophene rings is 1. The Morgan fingerprint density at radius 2 is 2.00 bits per heavy atom. The predicted octanol–water partition coefficient (Wildman–Crippen LogP) is 2.52. The van der Waals surface area contributed by atoms with Crippen molar-refractivity contribution in [3.05, 3.63) is 46.3 Å². The SMILES string of the molecule is Cc1ccc(C(C)C)c(OCC(=O)NCc2ccc(S(N)(=O)=O)s2)c1. The molecule has 0 aliphatic carbocycles. The van der Waals surface area contributed by atoms with E-state index in [1.165, 1.54) is 6.07 Å². The van der Waals surface area contributed by atoms with Crippen LogP contribution in [0.4, 0.5) is 0 Å². The Hall–Kier alpha value is -1.90. The van der Waals surface area contributed by atoms with E-state index in [0.717, 1.165) is 22.5 Å². The molecule has 136 valence electrons. The molecule has 1 aromatic carbocycles. The third-order valence-corrected chi connectivity index (χ3v) is 6.05. The summed E-state index contributed by atoms with van der Waals surface area (Å²) in [7, 11) is -3.70. The van der Waals surface area contributed by atoms with Crippen molar-refractivity contribution in [1.82, 2.24) is 5.32 Å². The number of nitrogens with two attached hydrogens (primary N) is 1. The molecule has 0 fully saturated rings. The molecule has 0 unspecified atom stereocenters. The van der Waals surface area contributed by atoms with Gasteiger partial charge in [-0.25, -0.2) is 13.6 Å². The normalized spacial score (nSPS) is 11.6. The second kappa shape index (κ2) is 7.99. The Morgan fingerprint density at radius 1 is 1.28 bits per heavy atom. The highest BCUT2D eigenvalue weighted by Crippen LogP contribution is 2.27. The van der Waals surface area contributed by atoms with Gasteiger partial charge in [0.15, 0.2) is 6.61 Å². The highest BCUT2D eigenvalue weighted by molar-refractivity contribution is 7.91. The lowest BCUT2D eigenvalue weighted by Gasteiger charge is -2.14. The van der Waals surface area contributed by atoms with Crippen LogP contribution in [0.3, 0.4) is 0 Å². The minimum atomic E-state index is -3.70. The number of carbonyl (C=O) groups excluding carboxylic acids is 1. The van der Waals surface area contributed by atoms with Crippen molar-refractivity contribution in [3.8, 4) is 5.75 Å². The molecule has 2 rings (SSSR count). The summed E-state index contributed by atoms with van der Waals surface area (Å²) in [5.41, 5.74) is 2.11. The zero-order chi connectivity index (χ0) is 18.6. The van der Waals surface area contributed by atoms with Crippen molar-refractivity contribution in [3.63, 3.8) is 0 Å². The van der Waals surface area contributed by atoms with Gasteiger partial charge in [0.2, 0.25) is 10.0 Å². The number of hydrogen-bond acceptors (Lipinski definition) is 5. The summed E-state index contributed by atoms with van der Waals surface area (Å²) in [5.74, 6) is 0.723. The molecule has 1 amide bonds. The number of hydrogen-bond donors (Lipinski definition) is 2. The number of benzene rings is 1. The van der Waals surface area contributed by atoms with Crippen molar-refractivity contribution >= 4 is 27.3 Å². The van der Waals surface area contributed by atoms with Gasteiger partial charge in [-0.3, -0.25) is 4.79 Å². The zero-order valence-corrected chi connectivity index (χ0v) is 16.0. The average molecular weight is 383 g/mol. The summed E-state index contributed by atoms with van der Waals surface area (Å²) >= 11 is 1.04. The first-order chi connectivity index (χ1) is 11.7. The summed E-state index contributed by atoms with van der Waals surface area (Å²) in [6.45, 7) is 6.23. The molecule has 1 heterocycles. The number of primary sulfonamides is 1. The average Bonchev–Trinajstić information content (AvgIpc) is 3.00. The molecule has 0 saturated carbocycles. The first-order valence-electron chi connectivity index (χ1n) is 7.78. The van der Waals surface area contributed by atoms with Crippen LogP contribution in [-0.2, 0) is 21.4 Å². The fraction of sp³-hybridized carbons (Fsp3) is 0.353. The van der Waals surface area contributed by atoms with Gasteiger partial charge in [0.25, 0.3) is 5.91 Å². The van der Waals surface area contributed by atoms with Gasteiger partial charge in [0.05, 0.1) is 6.54 Å². The van der Waals surface area contributed by atoms with Crippen LogP contribution in [-0.4, -0.2) is 20.9 Å². The molecule has 2 aromatic rings. The van der Waals surface area contributed by atoms with Crippen LogP contribution in [0, 0.1) is 6.92 Å². The van der Waals surface area contributed by atoms with E-state index < -0.39 is 10.0 Å². The van der Waals surface area contributed by atoms with Crippen LogP contribution in [0.1, 0.15) is 35.8 Å². The molecule has 0 bridgehead atoms. The van der Waals surface area contributed by atoms with Gasteiger partial charge in [-0.05, 0) is 42.2 Å². The van der Waals surface area contributed by atoms with Gasteiger partial charge in [0.1, 0.15) is 9.96 Å². The van der Waals surface area contributed by atoms with E-state index in [-0.39, 0.29) is 23.3 Å². The maximum absolute atomic E-state index is 12.0. The number of rotatable bonds is 7. The van der Waals surface area contributed by atoms with E-state index >= 15 is 0 Å². The molecular weight excluding hydrogens is 360 g/mol. The quantitative estimate of drug-likeness (QED) is 0.769. The summed E-state index contributed by atoms with van der Waals surface area (Å²) in [6, 6.07) is 9.00. The van der Waals surface area contributed by atoms with E-state index in [9.17, 15) is 13.2 Å². The topological polar surface area (TPSA) is 98.5 Å². The Balaban J connectivity index is 1.91. The summed E-state index contributed by atoms with van der Waals surface area (Å²) in [5, 5.41) is 7.77. The minimum Gasteiger partial charge on any atom is -0.483 e. The molecule has 0 saturated heterocycles. The van der Waals surface area contributed by atoms with E-state index in [0.29, 0.717) is 16.5 Å². The van der Waals surface area contributed by atoms with Crippen molar-refractivity contribution in [1.29, 1.82) is 0 Å². The lowest BCUT2D eigenvalue weighted by atomic mass is 10.0. The van der Waals surface area contributed by atoms with Gasteiger partial charge in [-0.1, -0.05) is 26.0 Å². The van der Waals surface area contributed by atoms with Crippen LogP contribution >= 0.6 is 11.3 Å². The second-order valence-corrected chi connectivity index (χ2v) is 8.98. The number of amides is 1. The summed E-state index contributed by atoms with van der Waals surface area (Å²) in [6.07, 6.45) is 0. The molecule has 8 heteroatoms. The molecule has 6 nitrogen and oxygen atoms in total. The van der Waals surface area contributed by atoms with Crippen molar-refractivity contribution in [2.75, 3.05) is 6.61 Å². The lowest BCUT2D eigenvalue weighted by molar-refractivity contribution is -0.123. The Labute approximate surface area is 152 Å². The van der Waals surface area contributed by atoms with Gasteiger partial charge < -0.3 is 10.1 Å². The minimum absolute atomic E-state index is 0.0781. The largest absolute Gasteiger partial charge is 0.483 e. The maximum atomic E-state index is 12.0. The molecule has 0 aliphatic heterocycles. The maximum Gasteiger partial charge on any atom is 0.258 e. The monoisotopic (exact) mass is 382 g/mol. The second-order valence-electron chi connectivity index (χ2n) is 6.03. The zero-order valence-electron chi connectivity index (χ0n) is 14.4. The lowest BCUT2D eigenvalue weighted by Crippen LogP contribution is -2.28. The summed E-state index contributed by atoms with van der Waals surface area (Å²) < 4.78 is 28.2. The molecule has 0 atom stereocenters. The smallest absolute Gasteiger partial charge is 0.258 e. The third kappa shape index (κ3) is 5.55. The van der Waals surface area contributed by atoms with E-state index in [1.54, 1.807) is 6.07 Å². The highest BCUT2D eigenvalue weighted by atomic mass is 32.2. The van der Waals surface area contributed by atoms with Crippen LogP contribution in [0.5, 0.6) is 5.75 Å². The fourth-order valence-corrected chi connectivity index (χ4v) is 3.95. The first-order valence-corrected chi connectivity index (χ1v) is 10.1. The van der Waals surface area contributed by atoms with Crippen molar-refractivity contribution in [2.24, 2.45) is 5.14 Å². The molecule has 3 N–H and O–H groups in total. The number of aryl methyl sites for hydroxylation is 1. The summed E-state index contributed by atoms with van der Waals surface area (Å²) in [4.78, 5) is 12.7. The number of carbonyl (C=O) groups is 1. The van der Waals surface area contributed by atoms with Crippen molar-refractivity contribution < 1.29 is 17.9 Å². The number of nitrogens with one attached hydrogen (secondary N) is 1. The molecule has 25 heavy (non-hydrogen) atoms. The van der Waals surface area contributed by atoms with Gasteiger partial charge in [-0.15, -0.1) is 11.3 Å². The van der Waals surface area contributed by atoms with Gasteiger partial charge >= 0.3 is 0 Å². The van der Waals surface area contributed by atoms with Gasteiger partial charge in [-0.2, -0.15) is 0 Å². The molecule has 0 radical (unpaired) electrons. The highest BCUT2D eigenvalue weighted by Gasteiger charge is 2.13. The van der Waals surface area contributed by atoms with E-state index in [4.69, 9.17) is 9.88 Å². The number of ether oxygens (including phenoxy) is 1. The van der Waals surface area contributed by atoms with Crippen LogP contribution in [0.25, 0.3) is 0 Å². The Kier molecular flexibility index (Phi) is 6.21. The van der Waals surface area contributed by atoms with E-state index in [2.05, 4.69) is 19.2 Å². The Bertz CT molecular complexity index is 857. The molecule has 0 spiro atoms. The number of sulfonamides is 1. The standard InChI is InChI=1S/C17H22N2O4S2/c1-11(2)14-6-4-12(3)8-15(14)23-10-16(20)19-9-13-5-7-17(24-13)25(18,21)22/h4-8,11H,9-10H2,1-3H3,(H,19,20)(H2,18,21,22). The fourth-order valence-electron chi connectivity index (χ4n) is 2.23. The molecule has 1 aromatic heterocycles.